The van der Waals surface area contributed by atoms with Crippen LogP contribution in [0.1, 0.15) is 12.5 Å². The van der Waals surface area contributed by atoms with E-state index in [9.17, 15) is 13.2 Å². The summed E-state index contributed by atoms with van der Waals surface area (Å²) in [6.45, 7) is 3.92. The minimum atomic E-state index is -3.55. The Kier molecular flexibility index (Phi) is 4.92. The van der Waals surface area contributed by atoms with Gasteiger partial charge in [0.2, 0.25) is 5.91 Å². The summed E-state index contributed by atoms with van der Waals surface area (Å²) in [6.07, 6.45) is 0. The summed E-state index contributed by atoms with van der Waals surface area (Å²) in [6, 6.07) is 6.55. The molecule has 114 valence electrons. The van der Waals surface area contributed by atoms with Gasteiger partial charge in [-0.2, -0.15) is 0 Å². The molecule has 2 rings (SSSR count). The van der Waals surface area contributed by atoms with Gasteiger partial charge in [0.25, 0.3) is 10.0 Å². The van der Waals surface area contributed by atoms with E-state index in [1.807, 2.05) is 6.92 Å². The number of carbonyl (C=O) groups excluding carboxylic acids is 1. The summed E-state index contributed by atoms with van der Waals surface area (Å²) < 4.78 is 26.1. The molecule has 1 aliphatic rings. The molecule has 0 aliphatic carbocycles. The lowest BCUT2D eigenvalue weighted by Crippen LogP contribution is -2.33. The molecule has 0 spiro atoms. The van der Waals surface area contributed by atoms with Gasteiger partial charge in [-0.3, -0.25) is 14.5 Å². The van der Waals surface area contributed by atoms with Crippen LogP contribution in [-0.2, 0) is 14.8 Å². The van der Waals surface area contributed by atoms with E-state index in [0.717, 1.165) is 6.54 Å². The van der Waals surface area contributed by atoms with Gasteiger partial charge in [-0.05, 0) is 18.7 Å². The quantitative estimate of drug-likeness (QED) is 0.614. The Bertz CT molecular complexity index is 655. The number of carbonyl (C=O) groups is 1. The average Bonchev–Trinajstić information content (AvgIpc) is 2.73. The van der Waals surface area contributed by atoms with E-state index in [1.54, 1.807) is 18.2 Å². The highest BCUT2D eigenvalue weighted by Gasteiger charge is 2.30. The number of aliphatic imine (C=N–C) groups is 1. The highest BCUT2D eigenvalue weighted by molar-refractivity contribution is 7.90. The van der Waals surface area contributed by atoms with E-state index in [2.05, 4.69) is 20.3 Å². The van der Waals surface area contributed by atoms with Crippen molar-refractivity contribution in [3.05, 3.63) is 29.8 Å². The van der Waals surface area contributed by atoms with Crippen LogP contribution in [0.2, 0.25) is 0 Å². The van der Waals surface area contributed by atoms with Gasteiger partial charge in [0.15, 0.2) is 0 Å². The molecule has 1 heterocycles. The van der Waals surface area contributed by atoms with Crippen LogP contribution >= 0.6 is 0 Å². The summed E-state index contributed by atoms with van der Waals surface area (Å²) in [7, 11) is -3.55. The summed E-state index contributed by atoms with van der Waals surface area (Å²) >= 11 is 0. The van der Waals surface area contributed by atoms with Gasteiger partial charge in [-0.15, -0.1) is 0 Å². The first kappa shape index (κ1) is 15.5. The van der Waals surface area contributed by atoms with Gasteiger partial charge in [-0.1, -0.05) is 19.1 Å². The minimum absolute atomic E-state index is 0.113. The van der Waals surface area contributed by atoms with Crippen molar-refractivity contribution in [2.45, 2.75) is 11.8 Å². The molecular weight excluding hydrogens is 292 g/mol. The number of sulfonamides is 1. The number of benzene rings is 1. The van der Waals surface area contributed by atoms with Crippen molar-refractivity contribution in [3.8, 4) is 0 Å². The van der Waals surface area contributed by atoms with E-state index in [0.29, 0.717) is 18.7 Å². The zero-order valence-corrected chi connectivity index (χ0v) is 12.5. The Hall–Kier alpha value is -1.93. The van der Waals surface area contributed by atoms with Crippen LogP contribution in [0.15, 0.2) is 34.2 Å². The van der Waals surface area contributed by atoms with Crippen molar-refractivity contribution >= 4 is 21.8 Å². The van der Waals surface area contributed by atoms with Crippen molar-refractivity contribution in [1.29, 1.82) is 0 Å². The largest absolute Gasteiger partial charge is 0.353 e. The monoisotopic (exact) mass is 310 g/mol. The van der Waals surface area contributed by atoms with Crippen molar-refractivity contribution in [2.75, 3.05) is 26.2 Å². The molecule has 0 saturated carbocycles. The van der Waals surface area contributed by atoms with Crippen LogP contribution in [0.25, 0.3) is 0 Å². The van der Waals surface area contributed by atoms with Crippen LogP contribution < -0.4 is 15.4 Å². The molecule has 21 heavy (non-hydrogen) atoms. The SMILES string of the molecule is CCNCCNC(=O)CN=C1NS(=O)(=O)c2ccccc21. The first-order chi connectivity index (χ1) is 10.0. The second-order valence-corrected chi connectivity index (χ2v) is 6.12. The van der Waals surface area contributed by atoms with E-state index in [4.69, 9.17) is 0 Å². The summed E-state index contributed by atoms with van der Waals surface area (Å²) in [4.78, 5) is 15.9. The topological polar surface area (TPSA) is 99.7 Å². The molecule has 7 nitrogen and oxygen atoms in total. The van der Waals surface area contributed by atoms with Gasteiger partial charge in [0.1, 0.15) is 12.4 Å². The molecular formula is C13H18N4O3S. The molecule has 0 bridgehead atoms. The zero-order chi connectivity index (χ0) is 15.3. The molecule has 0 fully saturated rings. The van der Waals surface area contributed by atoms with Gasteiger partial charge in [0, 0.05) is 18.7 Å². The molecule has 8 heteroatoms. The second kappa shape index (κ2) is 6.68. The molecule has 1 aromatic carbocycles. The Labute approximate surface area is 123 Å². The number of amides is 1. The van der Waals surface area contributed by atoms with Crippen molar-refractivity contribution in [1.82, 2.24) is 15.4 Å². The van der Waals surface area contributed by atoms with Crippen LogP contribution in [-0.4, -0.2) is 46.3 Å². The van der Waals surface area contributed by atoms with Crippen molar-refractivity contribution in [2.24, 2.45) is 4.99 Å². The summed E-state index contributed by atoms with van der Waals surface area (Å²) in [5.74, 6) is -0.0311. The van der Waals surface area contributed by atoms with Crippen LogP contribution in [0.5, 0.6) is 0 Å². The third kappa shape index (κ3) is 3.79. The Balaban J connectivity index is 1.99. The average molecular weight is 310 g/mol. The lowest BCUT2D eigenvalue weighted by Gasteiger charge is -2.04. The molecule has 1 aliphatic heterocycles. The minimum Gasteiger partial charge on any atom is -0.353 e. The fraction of sp³-hybridized carbons (Fsp3) is 0.385. The predicted octanol–water partition coefficient (Wildman–Crippen LogP) is -0.549. The normalized spacial score (nSPS) is 17.3. The van der Waals surface area contributed by atoms with Gasteiger partial charge >= 0.3 is 0 Å². The maximum absolute atomic E-state index is 11.9. The Morgan fingerprint density at radius 1 is 1.29 bits per heavy atom. The maximum atomic E-state index is 11.9. The first-order valence-corrected chi connectivity index (χ1v) is 8.17. The third-order valence-electron chi connectivity index (χ3n) is 2.92. The van der Waals surface area contributed by atoms with Crippen LogP contribution in [0, 0.1) is 0 Å². The van der Waals surface area contributed by atoms with E-state index in [-0.39, 0.29) is 23.2 Å². The molecule has 0 radical (unpaired) electrons. The number of rotatable bonds is 6. The first-order valence-electron chi connectivity index (χ1n) is 6.68. The Morgan fingerprint density at radius 3 is 2.81 bits per heavy atom. The standard InChI is InChI=1S/C13H18N4O3S/c1-2-14-7-8-15-12(18)9-16-13-10-5-3-4-6-11(10)21(19,20)17-13/h3-6,14H,2,7-9H2,1H3,(H,15,18)(H,16,17). The number of fused-ring (bicyclic) bond motifs is 1. The number of hydrogen-bond donors (Lipinski definition) is 3. The van der Waals surface area contributed by atoms with Gasteiger partial charge < -0.3 is 10.6 Å². The number of nitrogens with one attached hydrogen (secondary N) is 3. The maximum Gasteiger partial charge on any atom is 0.263 e. The lowest BCUT2D eigenvalue weighted by molar-refractivity contribution is -0.119. The highest BCUT2D eigenvalue weighted by atomic mass is 32.2. The molecule has 0 saturated heterocycles. The number of nitrogens with zero attached hydrogens (tertiary/aromatic N) is 1. The Morgan fingerprint density at radius 2 is 2.05 bits per heavy atom. The second-order valence-electron chi connectivity index (χ2n) is 4.47. The van der Waals surface area contributed by atoms with Crippen LogP contribution in [0.4, 0.5) is 0 Å². The third-order valence-corrected chi connectivity index (χ3v) is 4.31. The molecule has 0 unspecified atom stereocenters. The molecule has 0 aromatic heterocycles. The van der Waals surface area contributed by atoms with Gasteiger partial charge in [0.05, 0.1) is 4.90 Å². The lowest BCUT2D eigenvalue weighted by atomic mass is 10.2. The highest BCUT2D eigenvalue weighted by Crippen LogP contribution is 2.21. The molecule has 1 amide bonds. The van der Waals surface area contributed by atoms with Crippen molar-refractivity contribution in [3.63, 3.8) is 0 Å². The fourth-order valence-electron chi connectivity index (χ4n) is 1.93. The summed E-state index contributed by atoms with van der Waals surface area (Å²) in [5.41, 5.74) is 0.498. The van der Waals surface area contributed by atoms with Crippen molar-refractivity contribution < 1.29 is 13.2 Å². The predicted molar refractivity (Wildman–Crippen MR) is 79.7 cm³/mol. The van der Waals surface area contributed by atoms with E-state index >= 15 is 0 Å². The van der Waals surface area contributed by atoms with E-state index < -0.39 is 10.0 Å². The fourth-order valence-corrected chi connectivity index (χ4v) is 3.18. The van der Waals surface area contributed by atoms with E-state index in [1.165, 1.54) is 6.07 Å². The zero-order valence-electron chi connectivity index (χ0n) is 11.7. The molecule has 0 atom stereocenters. The smallest absolute Gasteiger partial charge is 0.263 e. The number of amidine groups is 1. The van der Waals surface area contributed by atoms with Crippen LogP contribution in [0.3, 0.4) is 0 Å². The number of likely N-dealkylation sites (N-methyl/N-ethyl adjacent to an activating group) is 1. The summed E-state index contributed by atoms with van der Waals surface area (Å²) in [5, 5.41) is 5.78. The molecule has 1 aromatic rings. The molecule has 3 N–H and O–H groups in total. The number of hydrogen-bond acceptors (Lipinski definition) is 5. The van der Waals surface area contributed by atoms with Gasteiger partial charge in [-0.25, -0.2) is 8.42 Å².